The fraction of sp³-hybridized carbons (Fsp3) is 1.00. The molecule has 0 saturated heterocycles. The normalized spacial score (nSPS) is 59.6. The minimum absolute atomic E-state index is 0.106. The van der Waals surface area contributed by atoms with E-state index in [1.165, 1.54) is 0 Å². The van der Waals surface area contributed by atoms with Crippen LogP contribution in [-0.2, 0) is 0 Å². The molecule has 0 bridgehead atoms. The van der Waals surface area contributed by atoms with E-state index < -0.39 is 11.7 Å². The number of rotatable bonds is 1. The Morgan fingerprint density at radius 1 is 0.880 bits per heavy atom. The number of aliphatic hydroxyl groups is 4. The monoisotopic (exact) mass is 352 g/mol. The summed E-state index contributed by atoms with van der Waals surface area (Å²) in [5.74, 6) is 1.59. The zero-order chi connectivity index (χ0) is 18.2. The zero-order valence-electron chi connectivity index (χ0n) is 16.0. The maximum absolute atomic E-state index is 11.3. The Morgan fingerprint density at radius 2 is 1.56 bits per heavy atom. The molecule has 0 spiro atoms. The summed E-state index contributed by atoms with van der Waals surface area (Å²) in [6, 6.07) is 0. The van der Waals surface area contributed by atoms with Crippen LogP contribution in [0.2, 0.25) is 0 Å². The number of aliphatic hydroxyl groups excluding tert-OH is 3. The lowest BCUT2D eigenvalue weighted by Crippen LogP contribution is -2.61. The van der Waals surface area contributed by atoms with Crippen LogP contribution in [-0.4, -0.2) is 44.3 Å². The summed E-state index contributed by atoms with van der Waals surface area (Å²) >= 11 is 0. The van der Waals surface area contributed by atoms with Crippen molar-refractivity contribution in [2.45, 2.75) is 96.1 Å². The van der Waals surface area contributed by atoms with E-state index in [1.807, 2.05) is 0 Å². The third-order valence-electron chi connectivity index (χ3n) is 9.56. The van der Waals surface area contributed by atoms with E-state index in [0.29, 0.717) is 24.2 Å². The molecule has 4 saturated carbocycles. The summed E-state index contributed by atoms with van der Waals surface area (Å²) in [6.07, 6.45) is 5.73. The van der Waals surface area contributed by atoms with Crippen molar-refractivity contribution in [1.29, 1.82) is 0 Å². The zero-order valence-corrected chi connectivity index (χ0v) is 16.0. The molecule has 4 rings (SSSR count). The number of hydrogen-bond donors (Lipinski definition) is 4. The van der Waals surface area contributed by atoms with Gasteiger partial charge in [-0.25, -0.2) is 0 Å². The largest absolute Gasteiger partial charge is 0.393 e. The Morgan fingerprint density at radius 3 is 2.24 bits per heavy atom. The molecule has 4 heteroatoms. The Hall–Kier alpha value is -0.160. The van der Waals surface area contributed by atoms with Gasteiger partial charge in [-0.2, -0.15) is 0 Å². The molecule has 4 nitrogen and oxygen atoms in total. The molecule has 144 valence electrons. The van der Waals surface area contributed by atoms with Gasteiger partial charge in [-0.3, -0.25) is 0 Å². The van der Waals surface area contributed by atoms with Gasteiger partial charge >= 0.3 is 0 Å². The highest BCUT2D eigenvalue weighted by Crippen LogP contribution is 2.68. The van der Waals surface area contributed by atoms with Crippen LogP contribution in [0.3, 0.4) is 0 Å². The van der Waals surface area contributed by atoms with Gasteiger partial charge in [-0.15, -0.1) is 0 Å². The summed E-state index contributed by atoms with van der Waals surface area (Å²) < 4.78 is 0. The van der Waals surface area contributed by atoms with E-state index in [4.69, 9.17) is 0 Å². The SMILES string of the molecule is C[C@H](O)[C@@]1(O)CC[C@H]2[C@@H]3C[C@H](O)[C@@H]4C[C@H](O)CC[C@]4(C)[C@H]3CC[C@@]21C. The molecular weight excluding hydrogens is 316 g/mol. The second-order valence-electron chi connectivity index (χ2n) is 10.3. The third kappa shape index (κ3) is 2.27. The van der Waals surface area contributed by atoms with Gasteiger partial charge in [0, 0.05) is 5.41 Å². The van der Waals surface area contributed by atoms with Crippen molar-refractivity contribution >= 4 is 0 Å². The average Bonchev–Trinajstić information content (AvgIpc) is 2.83. The molecule has 10 atom stereocenters. The second-order valence-corrected chi connectivity index (χ2v) is 10.3. The molecule has 0 radical (unpaired) electrons. The molecule has 4 fully saturated rings. The molecule has 4 aliphatic carbocycles. The summed E-state index contributed by atoms with van der Waals surface area (Å²) in [7, 11) is 0. The molecule has 0 aromatic rings. The summed E-state index contributed by atoms with van der Waals surface area (Å²) in [6.45, 7) is 6.26. The molecular formula is C21H36O4. The highest BCUT2D eigenvalue weighted by atomic mass is 16.3. The van der Waals surface area contributed by atoms with Gasteiger partial charge < -0.3 is 20.4 Å². The predicted octanol–water partition coefficient (Wildman–Crippen LogP) is 2.47. The molecule has 0 unspecified atom stereocenters. The summed E-state index contributed by atoms with van der Waals surface area (Å²) in [5, 5.41) is 42.6. The highest BCUT2D eigenvalue weighted by molar-refractivity contribution is 5.16. The van der Waals surface area contributed by atoms with Crippen LogP contribution in [0, 0.1) is 34.5 Å². The van der Waals surface area contributed by atoms with Gasteiger partial charge in [-0.1, -0.05) is 13.8 Å². The second kappa shape index (κ2) is 5.67. The fourth-order valence-electron chi connectivity index (χ4n) is 8.02. The minimum atomic E-state index is -0.992. The Balaban J connectivity index is 1.67. The molecule has 4 aliphatic rings. The van der Waals surface area contributed by atoms with E-state index >= 15 is 0 Å². The van der Waals surface area contributed by atoms with E-state index in [0.717, 1.165) is 44.9 Å². The van der Waals surface area contributed by atoms with Gasteiger partial charge in [0.2, 0.25) is 0 Å². The van der Waals surface area contributed by atoms with E-state index in [2.05, 4.69) is 13.8 Å². The summed E-state index contributed by atoms with van der Waals surface area (Å²) in [4.78, 5) is 0. The topological polar surface area (TPSA) is 80.9 Å². The van der Waals surface area contributed by atoms with Gasteiger partial charge in [0.15, 0.2) is 0 Å². The number of hydrogen-bond acceptors (Lipinski definition) is 4. The average molecular weight is 353 g/mol. The van der Waals surface area contributed by atoms with Gasteiger partial charge in [-0.05, 0) is 87.4 Å². The molecule has 0 amide bonds. The maximum Gasteiger partial charge on any atom is 0.0958 e. The molecule has 0 aromatic heterocycles. The first-order chi connectivity index (χ1) is 11.6. The van der Waals surface area contributed by atoms with Gasteiger partial charge in [0.1, 0.15) is 0 Å². The van der Waals surface area contributed by atoms with Crippen LogP contribution in [0.4, 0.5) is 0 Å². The van der Waals surface area contributed by atoms with Crippen molar-refractivity contribution < 1.29 is 20.4 Å². The van der Waals surface area contributed by atoms with Crippen LogP contribution < -0.4 is 0 Å². The number of fused-ring (bicyclic) bond motifs is 5. The Kier molecular flexibility index (Phi) is 4.13. The van der Waals surface area contributed by atoms with E-state index in [9.17, 15) is 20.4 Å². The van der Waals surface area contributed by atoms with Crippen LogP contribution in [0.5, 0.6) is 0 Å². The van der Waals surface area contributed by atoms with Crippen molar-refractivity contribution in [2.75, 3.05) is 0 Å². The summed E-state index contributed by atoms with van der Waals surface area (Å²) in [5.41, 5.74) is -1.14. The van der Waals surface area contributed by atoms with Crippen LogP contribution >= 0.6 is 0 Å². The molecule has 0 aliphatic heterocycles. The Bertz CT molecular complexity index is 536. The maximum atomic E-state index is 11.3. The Labute approximate surface area is 151 Å². The molecule has 4 N–H and O–H groups in total. The lowest BCUT2D eigenvalue weighted by Gasteiger charge is -2.62. The molecule has 0 aromatic carbocycles. The lowest BCUT2D eigenvalue weighted by atomic mass is 9.43. The van der Waals surface area contributed by atoms with E-state index in [-0.39, 0.29) is 29.0 Å². The predicted molar refractivity (Wildman–Crippen MR) is 95.8 cm³/mol. The van der Waals surface area contributed by atoms with Crippen molar-refractivity contribution in [3.05, 3.63) is 0 Å². The molecule has 25 heavy (non-hydrogen) atoms. The third-order valence-corrected chi connectivity index (χ3v) is 9.56. The first kappa shape index (κ1) is 18.2. The quantitative estimate of drug-likeness (QED) is 0.584. The van der Waals surface area contributed by atoms with Crippen LogP contribution in [0.25, 0.3) is 0 Å². The van der Waals surface area contributed by atoms with Gasteiger partial charge in [0.05, 0.1) is 23.9 Å². The van der Waals surface area contributed by atoms with Crippen molar-refractivity contribution in [1.82, 2.24) is 0 Å². The van der Waals surface area contributed by atoms with Gasteiger partial charge in [0.25, 0.3) is 0 Å². The van der Waals surface area contributed by atoms with Crippen molar-refractivity contribution in [2.24, 2.45) is 34.5 Å². The highest BCUT2D eigenvalue weighted by Gasteiger charge is 2.66. The molecule has 0 heterocycles. The van der Waals surface area contributed by atoms with Crippen molar-refractivity contribution in [3.8, 4) is 0 Å². The standard InChI is InChI=1S/C21H36O4/c1-12(22)21(25)9-6-16-14-11-18(24)17-10-13(23)4-7-19(17,2)15(14)5-8-20(16,21)3/h12-18,22-25H,4-11H2,1-3H3/t12-,13+,14+,15-,16-,17-,18-,19+,20-,21-/m0/s1. The minimum Gasteiger partial charge on any atom is -0.393 e. The van der Waals surface area contributed by atoms with Crippen molar-refractivity contribution in [3.63, 3.8) is 0 Å². The fourth-order valence-corrected chi connectivity index (χ4v) is 8.02. The van der Waals surface area contributed by atoms with Crippen LogP contribution in [0.1, 0.15) is 72.1 Å². The lowest BCUT2D eigenvalue weighted by molar-refractivity contribution is -0.203. The smallest absolute Gasteiger partial charge is 0.0958 e. The van der Waals surface area contributed by atoms with Crippen LogP contribution in [0.15, 0.2) is 0 Å². The van der Waals surface area contributed by atoms with E-state index in [1.54, 1.807) is 6.92 Å². The first-order valence-electron chi connectivity index (χ1n) is 10.4. The first-order valence-corrected chi connectivity index (χ1v) is 10.4.